The molecule has 1 fully saturated rings. The van der Waals surface area contributed by atoms with Gasteiger partial charge in [-0.3, -0.25) is 4.79 Å². The highest BCUT2D eigenvalue weighted by molar-refractivity contribution is 5.81. The van der Waals surface area contributed by atoms with Crippen LogP contribution in [0.4, 0.5) is 0 Å². The van der Waals surface area contributed by atoms with Gasteiger partial charge in [0, 0.05) is 35.8 Å². The van der Waals surface area contributed by atoms with Gasteiger partial charge in [0.25, 0.3) is 5.56 Å². The van der Waals surface area contributed by atoms with Crippen LogP contribution >= 0.6 is 0 Å². The molecule has 0 aliphatic carbocycles. The maximum Gasteiger partial charge on any atom is 0.289 e. The minimum Gasteiger partial charge on any atom is -0.376 e. The Hall–Kier alpha value is -2.65. The van der Waals surface area contributed by atoms with Crippen molar-refractivity contribution in [2.45, 2.75) is 53.2 Å². The first kappa shape index (κ1) is 18.2. The van der Waals surface area contributed by atoms with E-state index in [1.165, 1.54) is 4.68 Å². The van der Waals surface area contributed by atoms with Crippen molar-refractivity contribution in [2.75, 3.05) is 6.61 Å². The molecule has 136 valence electrons. The summed E-state index contributed by atoms with van der Waals surface area (Å²) in [6.45, 7) is 9.38. The Morgan fingerprint density at radius 3 is 2.73 bits per heavy atom. The molecule has 0 radical (unpaired) electrons. The monoisotopic (exact) mass is 352 g/mol. The van der Waals surface area contributed by atoms with Gasteiger partial charge in [0.05, 0.1) is 12.3 Å². The van der Waals surface area contributed by atoms with Crippen LogP contribution in [0, 0.1) is 39.0 Å². The topological polar surface area (TPSA) is 72.3 Å². The predicted molar refractivity (Wildman–Crippen MR) is 101 cm³/mol. The molecule has 2 aromatic heterocycles. The van der Waals surface area contributed by atoms with Gasteiger partial charge in [-0.05, 0) is 58.2 Å². The average molecular weight is 352 g/mol. The molecule has 3 heterocycles. The van der Waals surface area contributed by atoms with Crippen LogP contribution in [-0.4, -0.2) is 28.2 Å². The first-order chi connectivity index (χ1) is 12.4. The van der Waals surface area contributed by atoms with Crippen LogP contribution in [0.25, 0.3) is 0 Å². The normalized spacial score (nSPS) is 17.1. The molecule has 6 nitrogen and oxygen atoms in total. The van der Waals surface area contributed by atoms with E-state index >= 15 is 0 Å². The Morgan fingerprint density at radius 2 is 2.08 bits per heavy atom. The van der Waals surface area contributed by atoms with Crippen LogP contribution in [0.15, 0.2) is 22.0 Å². The third kappa shape index (κ3) is 3.35. The summed E-state index contributed by atoms with van der Waals surface area (Å²) in [4.78, 5) is 12.5. The maximum absolute atomic E-state index is 12.5. The van der Waals surface area contributed by atoms with E-state index < -0.39 is 0 Å². The quantitative estimate of drug-likeness (QED) is 0.794. The van der Waals surface area contributed by atoms with Gasteiger partial charge in [-0.15, -0.1) is 0 Å². The molecule has 1 atom stereocenters. The molecule has 6 heteroatoms. The number of rotatable bonds is 4. The van der Waals surface area contributed by atoms with Crippen LogP contribution < -0.4 is 5.56 Å². The average Bonchev–Trinajstić information content (AvgIpc) is 3.19. The molecule has 1 aliphatic rings. The first-order valence-electron chi connectivity index (χ1n) is 8.88. The zero-order chi connectivity index (χ0) is 18.8. The Kier molecular flexibility index (Phi) is 5.10. The van der Waals surface area contributed by atoms with E-state index in [2.05, 4.69) is 29.6 Å². The molecule has 1 saturated heterocycles. The number of aryl methyl sites for hydroxylation is 3. The van der Waals surface area contributed by atoms with Crippen molar-refractivity contribution < 1.29 is 4.74 Å². The molecule has 0 amide bonds. The highest BCUT2D eigenvalue weighted by Gasteiger charge is 2.18. The van der Waals surface area contributed by atoms with Gasteiger partial charge in [-0.1, -0.05) is 0 Å². The fourth-order valence-corrected chi connectivity index (χ4v) is 3.51. The number of hydrogen-bond donors (Lipinski definition) is 0. The van der Waals surface area contributed by atoms with Crippen LogP contribution in [0.3, 0.4) is 0 Å². The number of hydrogen-bond acceptors (Lipinski definition) is 4. The highest BCUT2D eigenvalue weighted by Crippen LogP contribution is 2.19. The summed E-state index contributed by atoms with van der Waals surface area (Å²) in [5.41, 5.74) is 4.34. The fraction of sp³-hybridized carbons (Fsp3) is 0.450. The SMILES string of the molecule is Cc1cc(C)n(/N=C\c2cc(C)n(C[C@@H]3CCCO3)c2C)c(=O)c1C#N. The van der Waals surface area contributed by atoms with Gasteiger partial charge >= 0.3 is 0 Å². The molecule has 0 aromatic carbocycles. The van der Waals surface area contributed by atoms with Gasteiger partial charge in [-0.2, -0.15) is 10.4 Å². The predicted octanol–water partition coefficient (Wildman–Crippen LogP) is 2.82. The zero-order valence-corrected chi connectivity index (χ0v) is 15.7. The van der Waals surface area contributed by atoms with E-state index in [-0.39, 0.29) is 17.2 Å². The first-order valence-corrected chi connectivity index (χ1v) is 8.88. The molecular formula is C20H24N4O2. The lowest BCUT2D eigenvalue weighted by molar-refractivity contribution is 0.0962. The molecule has 0 spiro atoms. The summed E-state index contributed by atoms with van der Waals surface area (Å²) >= 11 is 0. The van der Waals surface area contributed by atoms with Gasteiger partial charge in [0.1, 0.15) is 11.6 Å². The standard InChI is InChI=1S/C20H24N4O2/c1-13-8-15(3)24(20(25)19(13)10-21)22-11-17-9-14(2)23(16(17)4)12-18-6-5-7-26-18/h8-9,11,18H,5-7,12H2,1-4H3/b22-11-/t18-/m0/s1. The van der Waals surface area contributed by atoms with E-state index in [1.54, 1.807) is 19.2 Å². The molecule has 3 rings (SSSR count). The summed E-state index contributed by atoms with van der Waals surface area (Å²) in [6.07, 6.45) is 4.17. The van der Waals surface area contributed by atoms with Crippen molar-refractivity contribution >= 4 is 6.21 Å². The minimum atomic E-state index is -0.380. The third-order valence-corrected chi connectivity index (χ3v) is 5.01. The number of pyridine rings is 1. The third-order valence-electron chi connectivity index (χ3n) is 5.01. The lowest BCUT2D eigenvalue weighted by Crippen LogP contribution is -2.22. The largest absolute Gasteiger partial charge is 0.376 e. The summed E-state index contributed by atoms with van der Waals surface area (Å²) in [5.74, 6) is 0. The van der Waals surface area contributed by atoms with Crippen molar-refractivity contribution in [2.24, 2.45) is 5.10 Å². The summed E-state index contributed by atoms with van der Waals surface area (Å²) < 4.78 is 9.27. The summed E-state index contributed by atoms with van der Waals surface area (Å²) in [7, 11) is 0. The van der Waals surface area contributed by atoms with Crippen LogP contribution in [0.1, 0.15) is 46.6 Å². The molecule has 26 heavy (non-hydrogen) atoms. The smallest absolute Gasteiger partial charge is 0.289 e. The van der Waals surface area contributed by atoms with E-state index in [1.807, 2.05) is 13.0 Å². The number of ether oxygens (including phenoxy) is 1. The molecule has 2 aromatic rings. The molecular weight excluding hydrogens is 328 g/mol. The Balaban J connectivity index is 1.93. The van der Waals surface area contributed by atoms with Crippen LogP contribution in [-0.2, 0) is 11.3 Å². The second-order valence-corrected chi connectivity index (χ2v) is 6.89. The lowest BCUT2D eigenvalue weighted by atomic mass is 10.1. The van der Waals surface area contributed by atoms with Crippen molar-refractivity contribution in [3.63, 3.8) is 0 Å². The maximum atomic E-state index is 12.5. The van der Waals surface area contributed by atoms with Crippen molar-refractivity contribution in [3.8, 4) is 6.07 Å². The second kappa shape index (κ2) is 7.30. The number of nitriles is 1. The minimum absolute atomic E-state index is 0.136. The van der Waals surface area contributed by atoms with Crippen LogP contribution in [0.2, 0.25) is 0 Å². The molecule has 0 unspecified atom stereocenters. The van der Waals surface area contributed by atoms with Gasteiger partial charge in [0.15, 0.2) is 0 Å². The molecule has 0 N–H and O–H groups in total. The zero-order valence-electron chi connectivity index (χ0n) is 15.7. The second-order valence-electron chi connectivity index (χ2n) is 6.89. The molecule has 1 aliphatic heterocycles. The van der Waals surface area contributed by atoms with Crippen molar-refractivity contribution in [1.29, 1.82) is 5.26 Å². The Labute approximate surface area is 153 Å². The Bertz CT molecular complexity index is 954. The van der Waals surface area contributed by atoms with Gasteiger partial charge in [-0.25, -0.2) is 4.68 Å². The van der Waals surface area contributed by atoms with E-state index in [9.17, 15) is 10.1 Å². The fourth-order valence-electron chi connectivity index (χ4n) is 3.51. The van der Waals surface area contributed by atoms with Crippen molar-refractivity contribution in [3.05, 3.63) is 56.3 Å². The number of aromatic nitrogens is 2. The highest BCUT2D eigenvalue weighted by atomic mass is 16.5. The van der Waals surface area contributed by atoms with Crippen LogP contribution in [0.5, 0.6) is 0 Å². The summed E-state index contributed by atoms with van der Waals surface area (Å²) in [5, 5.41) is 13.5. The van der Waals surface area contributed by atoms with E-state index in [0.29, 0.717) is 11.3 Å². The molecule has 0 bridgehead atoms. The van der Waals surface area contributed by atoms with E-state index in [4.69, 9.17) is 4.74 Å². The summed E-state index contributed by atoms with van der Waals surface area (Å²) in [6, 6.07) is 5.84. The number of nitrogens with zero attached hydrogens (tertiary/aromatic N) is 4. The molecule has 0 saturated carbocycles. The van der Waals surface area contributed by atoms with E-state index in [0.717, 1.165) is 42.9 Å². The van der Waals surface area contributed by atoms with Gasteiger partial charge in [0.2, 0.25) is 0 Å². The lowest BCUT2D eigenvalue weighted by Gasteiger charge is -2.14. The van der Waals surface area contributed by atoms with Gasteiger partial charge < -0.3 is 9.30 Å². The van der Waals surface area contributed by atoms with Crippen molar-refractivity contribution in [1.82, 2.24) is 9.24 Å². The Morgan fingerprint density at radius 1 is 1.31 bits per heavy atom.